The summed E-state index contributed by atoms with van der Waals surface area (Å²) in [5.41, 5.74) is 3.09. The van der Waals surface area contributed by atoms with Crippen LogP contribution in [0.3, 0.4) is 0 Å². The Labute approximate surface area is 158 Å². The van der Waals surface area contributed by atoms with Crippen molar-refractivity contribution in [2.24, 2.45) is 0 Å². The highest BCUT2D eigenvalue weighted by molar-refractivity contribution is 6.00. The first kappa shape index (κ1) is 20.1. The van der Waals surface area contributed by atoms with Crippen LogP contribution in [0.4, 0.5) is 5.69 Å². The number of aryl methyl sites for hydroxylation is 1. The van der Waals surface area contributed by atoms with Crippen LogP contribution in [0, 0.1) is 13.8 Å². The van der Waals surface area contributed by atoms with Crippen LogP contribution < -0.4 is 24.8 Å². The summed E-state index contributed by atoms with van der Waals surface area (Å²) in [5.74, 6) is 0.378. The molecule has 0 atom stereocenters. The van der Waals surface area contributed by atoms with E-state index in [0.717, 1.165) is 16.8 Å². The monoisotopic (exact) mass is 372 g/mol. The highest BCUT2D eigenvalue weighted by atomic mass is 16.5. The van der Waals surface area contributed by atoms with Crippen molar-refractivity contribution in [2.75, 3.05) is 33.2 Å². The maximum atomic E-state index is 12.4. The molecule has 0 bridgehead atoms. The minimum absolute atomic E-state index is 0.164. The number of amides is 2. The molecule has 7 nitrogen and oxygen atoms in total. The molecule has 7 heteroatoms. The van der Waals surface area contributed by atoms with Crippen molar-refractivity contribution in [1.29, 1.82) is 0 Å². The molecule has 2 rings (SSSR count). The van der Waals surface area contributed by atoms with Gasteiger partial charge in [-0.3, -0.25) is 9.59 Å². The van der Waals surface area contributed by atoms with Crippen LogP contribution in [-0.2, 0) is 4.79 Å². The third-order valence-corrected chi connectivity index (χ3v) is 4.22. The number of benzene rings is 2. The fourth-order valence-corrected chi connectivity index (χ4v) is 2.56. The molecule has 0 aromatic heterocycles. The molecule has 0 radical (unpaired) electrons. The van der Waals surface area contributed by atoms with E-state index in [1.54, 1.807) is 0 Å². The Balaban J connectivity index is 2.07. The van der Waals surface area contributed by atoms with Gasteiger partial charge in [0.25, 0.3) is 5.91 Å². The molecule has 0 fully saturated rings. The first-order valence-corrected chi connectivity index (χ1v) is 8.35. The quantitative estimate of drug-likeness (QED) is 0.780. The van der Waals surface area contributed by atoms with Gasteiger partial charge in [0, 0.05) is 11.3 Å². The van der Waals surface area contributed by atoms with Gasteiger partial charge in [-0.25, -0.2) is 0 Å². The minimum Gasteiger partial charge on any atom is -0.493 e. The molecular weight excluding hydrogens is 348 g/mol. The van der Waals surface area contributed by atoms with Crippen molar-refractivity contribution in [3.05, 3.63) is 47.0 Å². The first-order valence-electron chi connectivity index (χ1n) is 8.35. The average molecular weight is 372 g/mol. The van der Waals surface area contributed by atoms with Crippen molar-refractivity contribution in [2.45, 2.75) is 13.8 Å². The molecule has 2 N–H and O–H groups in total. The summed E-state index contributed by atoms with van der Waals surface area (Å²) in [6.45, 7) is 3.74. The van der Waals surface area contributed by atoms with E-state index in [1.807, 2.05) is 32.0 Å². The molecule has 0 aliphatic carbocycles. The lowest BCUT2D eigenvalue weighted by molar-refractivity contribution is -0.115. The summed E-state index contributed by atoms with van der Waals surface area (Å²) in [5, 5.41) is 5.39. The molecule has 2 aromatic rings. The Bertz CT molecular complexity index is 823. The molecule has 144 valence electrons. The summed E-state index contributed by atoms with van der Waals surface area (Å²) < 4.78 is 15.7. The lowest BCUT2D eigenvalue weighted by Gasteiger charge is -2.14. The minimum atomic E-state index is -0.426. The van der Waals surface area contributed by atoms with E-state index in [2.05, 4.69) is 10.6 Å². The molecule has 0 saturated heterocycles. The van der Waals surface area contributed by atoms with Gasteiger partial charge in [0.2, 0.25) is 11.7 Å². The van der Waals surface area contributed by atoms with E-state index in [4.69, 9.17) is 14.2 Å². The molecule has 0 unspecified atom stereocenters. The number of anilines is 1. The van der Waals surface area contributed by atoms with Crippen LogP contribution in [0.5, 0.6) is 17.2 Å². The zero-order chi connectivity index (χ0) is 20.0. The molecule has 0 spiro atoms. The molecule has 2 amide bonds. The van der Waals surface area contributed by atoms with Crippen molar-refractivity contribution in [3.8, 4) is 17.2 Å². The number of carbonyl (C=O) groups excluding carboxylic acids is 2. The number of rotatable bonds is 7. The second kappa shape index (κ2) is 8.93. The maximum absolute atomic E-state index is 12.4. The van der Waals surface area contributed by atoms with Gasteiger partial charge in [-0.1, -0.05) is 12.1 Å². The van der Waals surface area contributed by atoms with Crippen LogP contribution in [0.15, 0.2) is 30.3 Å². The van der Waals surface area contributed by atoms with Crippen LogP contribution in [0.1, 0.15) is 21.5 Å². The average Bonchev–Trinajstić information content (AvgIpc) is 2.68. The number of methoxy groups -OCH3 is 3. The van der Waals surface area contributed by atoms with Gasteiger partial charge < -0.3 is 24.8 Å². The van der Waals surface area contributed by atoms with E-state index in [0.29, 0.717) is 22.8 Å². The number of hydrogen-bond acceptors (Lipinski definition) is 5. The third-order valence-electron chi connectivity index (χ3n) is 4.22. The van der Waals surface area contributed by atoms with E-state index >= 15 is 0 Å². The highest BCUT2D eigenvalue weighted by Crippen LogP contribution is 2.38. The van der Waals surface area contributed by atoms with Crippen molar-refractivity contribution in [3.63, 3.8) is 0 Å². The molecule has 0 saturated carbocycles. The van der Waals surface area contributed by atoms with Gasteiger partial charge in [-0.05, 0) is 43.2 Å². The van der Waals surface area contributed by atoms with E-state index in [9.17, 15) is 9.59 Å². The second-order valence-corrected chi connectivity index (χ2v) is 5.89. The Hall–Kier alpha value is -3.22. The highest BCUT2D eigenvalue weighted by Gasteiger charge is 2.17. The Morgan fingerprint density at radius 1 is 0.963 bits per heavy atom. The maximum Gasteiger partial charge on any atom is 0.251 e. The van der Waals surface area contributed by atoms with Gasteiger partial charge in [0.15, 0.2) is 11.5 Å². The Morgan fingerprint density at radius 3 is 2.15 bits per heavy atom. The number of nitrogens with one attached hydrogen (secondary N) is 2. The molecule has 2 aromatic carbocycles. The zero-order valence-electron chi connectivity index (χ0n) is 16.1. The standard InChI is InChI=1S/C20H24N2O5/c1-12-7-6-8-15(13(12)2)22-18(23)11-21-20(24)14-9-16(25-3)19(27-5)17(10-14)26-4/h6-10H,11H2,1-5H3,(H,21,24)(H,22,23). The summed E-state index contributed by atoms with van der Waals surface area (Å²) in [7, 11) is 4.42. The lowest BCUT2D eigenvalue weighted by Crippen LogP contribution is -2.33. The van der Waals surface area contributed by atoms with Gasteiger partial charge >= 0.3 is 0 Å². The summed E-state index contributed by atoms with van der Waals surface area (Å²) in [6, 6.07) is 8.71. The fourth-order valence-electron chi connectivity index (χ4n) is 2.56. The largest absolute Gasteiger partial charge is 0.493 e. The number of hydrogen-bond donors (Lipinski definition) is 2. The van der Waals surface area contributed by atoms with E-state index < -0.39 is 5.91 Å². The van der Waals surface area contributed by atoms with Crippen molar-refractivity contribution < 1.29 is 23.8 Å². The first-order chi connectivity index (χ1) is 12.9. The molecule has 0 aliphatic rings. The van der Waals surface area contributed by atoms with Crippen LogP contribution in [0.25, 0.3) is 0 Å². The lowest BCUT2D eigenvalue weighted by atomic mass is 10.1. The molecule has 0 aliphatic heterocycles. The van der Waals surface area contributed by atoms with E-state index in [-0.39, 0.29) is 12.5 Å². The predicted octanol–water partition coefficient (Wildman–Crippen LogP) is 2.70. The third kappa shape index (κ3) is 4.69. The molecule has 0 heterocycles. The molecular formula is C20H24N2O5. The Morgan fingerprint density at radius 2 is 1.59 bits per heavy atom. The SMILES string of the molecule is COc1cc(C(=O)NCC(=O)Nc2cccc(C)c2C)cc(OC)c1OC. The topological polar surface area (TPSA) is 85.9 Å². The Kier molecular flexibility index (Phi) is 6.65. The van der Waals surface area contributed by atoms with Crippen molar-refractivity contribution >= 4 is 17.5 Å². The fraction of sp³-hybridized carbons (Fsp3) is 0.300. The van der Waals surface area contributed by atoms with Gasteiger partial charge in [-0.15, -0.1) is 0 Å². The van der Waals surface area contributed by atoms with Crippen molar-refractivity contribution in [1.82, 2.24) is 5.32 Å². The smallest absolute Gasteiger partial charge is 0.251 e. The number of ether oxygens (including phenoxy) is 3. The van der Waals surface area contributed by atoms with Gasteiger partial charge in [0.05, 0.1) is 27.9 Å². The van der Waals surface area contributed by atoms with E-state index in [1.165, 1.54) is 33.5 Å². The summed E-state index contributed by atoms with van der Waals surface area (Å²) >= 11 is 0. The second-order valence-electron chi connectivity index (χ2n) is 5.89. The van der Waals surface area contributed by atoms with Crippen LogP contribution in [0.2, 0.25) is 0 Å². The predicted molar refractivity (Wildman–Crippen MR) is 103 cm³/mol. The van der Waals surface area contributed by atoms with Crippen LogP contribution in [-0.4, -0.2) is 39.7 Å². The molecule has 27 heavy (non-hydrogen) atoms. The summed E-state index contributed by atoms with van der Waals surface area (Å²) in [4.78, 5) is 24.6. The van der Waals surface area contributed by atoms with Crippen LogP contribution >= 0.6 is 0 Å². The number of carbonyl (C=O) groups is 2. The zero-order valence-corrected chi connectivity index (χ0v) is 16.1. The van der Waals surface area contributed by atoms with Gasteiger partial charge in [-0.2, -0.15) is 0 Å². The van der Waals surface area contributed by atoms with Gasteiger partial charge in [0.1, 0.15) is 0 Å². The normalized spacial score (nSPS) is 10.1. The summed E-state index contributed by atoms with van der Waals surface area (Å²) in [6.07, 6.45) is 0.